The number of amides is 2. The fraction of sp³-hybridized carbons (Fsp3) is 0.0909. The molecule has 2 aromatic rings. The molecule has 0 aliphatic carbocycles. The van der Waals surface area contributed by atoms with E-state index in [9.17, 15) is 13.2 Å². The van der Waals surface area contributed by atoms with Crippen LogP contribution in [0.1, 0.15) is 5.56 Å². The Labute approximate surface area is 115 Å². The SMILES string of the molecule is NS(=O)(=O)c1ccc(CNC(=O)Nc2ccon2)cc1. The van der Waals surface area contributed by atoms with E-state index >= 15 is 0 Å². The quantitative estimate of drug-likeness (QED) is 0.763. The molecule has 8 nitrogen and oxygen atoms in total. The Hall–Kier alpha value is -2.39. The predicted molar refractivity (Wildman–Crippen MR) is 70.2 cm³/mol. The molecule has 9 heteroatoms. The van der Waals surface area contributed by atoms with Gasteiger partial charge < -0.3 is 9.84 Å². The van der Waals surface area contributed by atoms with Gasteiger partial charge in [0.15, 0.2) is 5.82 Å². The summed E-state index contributed by atoms with van der Waals surface area (Å²) >= 11 is 0. The third-order valence-electron chi connectivity index (χ3n) is 2.38. The molecule has 0 atom stereocenters. The second kappa shape index (κ2) is 5.72. The molecular weight excluding hydrogens is 284 g/mol. The van der Waals surface area contributed by atoms with Crippen LogP contribution in [-0.2, 0) is 16.6 Å². The maximum Gasteiger partial charge on any atom is 0.320 e. The monoisotopic (exact) mass is 296 g/mol. The van der Waals surface area contributed by atoms with Crippen LogP contribution in [0.4, 0.5) is 10.6 Å². The Balaban J connectivity index is 1.89. The highest BCUT2D eigenvalue weighted by Crippen LogP contribution is 2.08. The highest BCUT2D eigenvalue weighted by molar-refractivity contribution is 7.89. The third kappa shape index (κ3) is 3.80. The molecule has 0 radical (unpaired) electrons. The van der Waals surface area contributed by atoms with Crippen LogP contribution in [0.25, 0.3) is 0 Å². The van der Waals surface area contributed by atoms with E-state index in [4.69, 9.17) is 5.14 Å². The summed E-state index contributed by atoms with van der Waals surface area (Å²) in [7, 11) is -3.70. The summed E-state index contributed by atoms with van der Waals surface area (Å²) in [5.74, 6) is 0.298. The smallest absolute Gasteiger partial charge is 0.320 e. The molecule has 0 saturated carbocycles. The Morgan fingerprint density at radius 3 is 2.50 bits per heavy atom. The number of benzene rings is 1. The van der Waals surface area contributed by atoms with Gasteiger partial charge >= 0.3 is 6.03 Å². The molecule has 106 valence electrons. The Morgan fingerprint density at radius 2 is 1.95 bits per heavy atom. The van der Waals surface area contributed by atoms with Gasteiger partial charge in [-0.15, -0.1) is 0 Å². The molecule has 0 spiro atoms. The van der Waals surface area contributed by atoms with Gasteiger partial charge in [0.25, 0.3) is 0 Å². The normalized spacial score (nSPS) is 11.1. The van der Waals surface area contributed by atoms with Crippen molar-refractivity contribution in [3.05, 3.63) is 42.2 Å². The average molecular weight is 296 g/mol. The molecule has 1 heterocycles. The Bertz CT molecular complexity index is 680. The van der Waals surface area contributed by atoms with Crippen molar-refractivity contribution < 1.29 is 17.7 Å². The van der Waals surface area contributed by atoms with Gasteiger partial charge in [-0.2, -0.15) is 0 Å². The minimum absolute atomic E-state index is 0.0216. The van der Waals surface area contributed by atoms with Crippen molar-refractivity contribution in [2.24, 2.45) is 5.14 Å². The summed E-state index contributed by atoms with van der Waals surface area (Å²) in [6.45, 7) is 0.231. The molecule has 2 rings (SSSR count). The number of aromatic nitrogens is 1. The van der Waals surface area contributed by atoms with Gasteiger partial charge in [0, 0.05) is 12.6 Å². The molecule has 1 aromatic heterocycles. The number of carbonyl (C=O) groups excluding carboxylic acids is 1. The van der Waals surface area contributed by atoms with Crippen molar-refractivity contribution in [3.8, 4) is 0 Å². The first kappa shape index (κ1) is 14.0. The zero-order valence-electron chi connectivity index (χ0n) is 10.2. The molecule has 1 aromatic carbocycles. The summed E-state index contributed by atoms with van der Waals surface area (Å²) in [6.07, 6.45) is 1.33. The van der Waals surface area contributed by atoms with E-state index in [0.717, 1.165) is 5.56 Å². The summed E-state index contributed by atoms with van der Waals surface area (Å²) in [6, 6.07) is 6.94. The molecule has 0 aliphatic rings. The second-order valence-electron chi connectivity index (χ2n) is 3.88. The topological polar surface area (TPSA) is 127 Å². The van der Waals surface area contributed by atoms with E-state index in [1.165, 1.54) is 24.5 Å². The van der Waals surface area contributed by atoms with Crippen LogP contribution in [-0.4, -0.2) is 19.6 Å². The lowest BCUT2D eigenvalue weighted by atomic mass is 10.2. The Kier molecular flexibility index (Phi) is 4.01. The summed E-state index contributed by atoms with van der Waals surface area (Å²) < 4.78 is 26.7. The van der Waals surface area contributed by atoms with E-state index in [0.29, 0.717) is 5.82 Å². The molecule has 20 heavy (non-hydrogen) atoms. The summed E-state index contributed by atoms with van der Waals surface area (Å²) in [5.41, 5.74) is 0.729. The number of carbonyl (C=O) groups is 1. The number of nitrogens with one attached hydrogen (secondary N) is 2. The first-order chi connectivity index (χ1) is 9.45. The van der Waals surface area contributed by atoms with Crippen molar-refractivity contribution in [1.29, 1.82) is 0 Å². The summed E-state index contributed by atoms with van der Waals surface area (Å²) in [5, 5.41) is 13.5. The lowest BCUT2D eigenvalue weighted by molar-refractivity contribution is 0.251. The maximum absolute atomic E-state index is 11.5. The average Bonchev–Trinajstić information content (AvgIpc) is 2.88. The number of nitrogens with two attached hydrogens (primary N) is 1. The van der Waals surface area contributed by atoms with Gasteiger partial charge in [-0.1, -0.05) is 17.3 Å². The van der Waals surface area contributed by atoms with Crippen molar-refractivity contribution >= 4 is 21.9 Å². The van der Waals surface area contributed by atoms with Crippen LogP contribution in [0.5, 0.6) is 0 Å². The van der Waals surface area contributed by atoms with E-state index in [1.54, 1.807) is 12.1 Å². The first-order valence-corrected chi connectivity index (χ1v) is 7.07. The highest BCUT2D eigenvalue weighted by atomic mass is 32.2. The lowest BCUT2D eigenvalue weighted by Gasteiger charge is -2.06. The number of nitrogens with zero attached hydrogens (tertiary/aromatic N) is 1. The highest BCUT2D eigenvalue weighted by Gasteiger charge is 2.07. The largest absolute Gasteiger partial charge is 0.363 e. The number of rotatable bonds is 4. The zero-order chi connectivity index (χ0) is 14.6. The number of sulfonamides is 1. The number of hydrogen-bond donors (Lipinski definition) is 3. The van der Waals surface area contributed by atoms with Gasteiger partial charge in [-0.3, -0.25) is 5.32 Å². The number of hydrogen-bond acceptors (Lipinski definition) is 5. The third-order valence-corrected chi connectivity index (χ3v) is 3.31. The number of urea groups is 1. The number of primary sulfonamides is 1. The van der Waals surface area contributed by atoms with Crippen LogP contribution in [0.3, 0.4) is 0 Å². The molecule has 0 aliphatic heterocycles. The minimum atomic E-state index is -3.70. The minimum Gasteiger partial charge on any atom is -0.363 e. The van der Waals surface area contributed by atoms with Crippen LogP contribution in [0.2, 0.25) is 0 Å². The van der Waals surface area contributed by atoms with Crippen molar-refractivity contribution in [2.45, 2.75) is 11.4 Å². The van der Waals surface area contributed by atoms with E-state index in [2.05, 4.69) is 20.3 Å². The summed E-state index contributed by atoms with van der Waals surface area (Å²) in [4.78, 5) is 11.5. The van der Waals surface area contributed by atoms with Crippen molar-refractivity contribution in [1.82, 2.24) is 10.5 Å². The lowest BCUT2D eigenvalue weighted by Crippen LogP contribution is -2.28. The second-order valence-corrected chi connectivity index (χ2v) is 5.44. The maximum atomic E-state index is 11.5. The molecule has 0 bridgehead atoms. The fourth-order valence-electron chi connectivity index (χ4n) is 1.42. The van der Waals surface area contributed by atoms with Gasteiger partial charge in [-0.25, -0.2) is 18.4 Å². The van der Waals surface area contributed by atoms with Gasteiger partial charge in [0.1, 0.15) is 6.26 Å². The Morgan fingerprint density at radius 1 is 1.25 bits per heavy atom. The van der Waals surface area contributed by atoms with Crippen LogP contribution in [0, 0.1) is 0 Å². The van der Waals surface area contributed by atoms with Crippen LogP contribution in [0.15, 0.2) is 46.0 Å². The van der Waals surface area contributed by atoms with Gasteiger partial charge in [-0.05, 0) is 17.7 Å². The molecular formula is C11H12N4O4S. The van der Waals surface area contributed by atoms with Crippen LogP contribution >= 0.6 is 0 Å². The molecule has 0 unspecified atom stereocenters. The van der Waals surface area contributed by atoms with Gasteiger partial charge in [0.2, 0.25) is 10.0 Å². The number of anilines is 1. The molecule has 4 N–H and O–H groups in total. The fourth-order valence-corrected chi connectivity index (χ4v) is 1.93. The van der Waals surface area contributed by atoms with E-state index in [1.807, 2.05) is 0 Å². The molecule has 0 fully saturated rings. The van der Waals surface area contributed by atoms with Crippen molar-refractivity contribution in [2.75, 3.05) is 5.32 Å². The van der Waals surface area contributed by atoms with E-state index in [-0.39, 0.29) is 11.4 Å². The van der Waals surface area contributed by atoms with Crippen molar-refractivity contribution in [3.63, 3.8) is 0 Å². The van der Waals surface area contributed by atoms with Gasteiger partial charge in [0.05, 0.1) is 4.90 Å². The van der Waals surface area contributed by atoms with E-state index < -0.39 is 16.1 Å². The standard InChI is InChI=1S/C11H12N4O4S/c12-20(17,18)9-3-1-8(2-4-9)7-13-11(16)14-10-5-6-19-15-10/h1-6H,7H2,(H2,12,17,18)(H2,13,14,15,16). The molecule has 0 saturated heterocycles. The zero-order valence-corrected chi connectivity index (χ0v) is 11.1. The first-order valence-electron chi connectivity index (χ1n) is 5.52. The van der Waals surface area contributed by atoms with Crippen LogP contribution < -0.4 is 15.8 Å². The molecule has 2 amide bonds. The predicted octanol–water partition coefficient (Wildman–Crippen LogP) is 0.644.